The zero-order valence-electron chi connectivity index (χ0n) is 16.0. The Hall–Kier alpha value is -1.96. The maximum absolute atomic E-state index is 13.0. The number of alkyl halides is 3. The van der Waals surface area contributed by atoms with E-state index in [1.807, 2.05) is 27.7 Å². The molecule has 0 aliphatic rings. The zero-order chi connectivity index (χ0) is 20.1. The van der Waals surface area contributed by atoms with Gasteiger partial charge in [-0.3, -0.25) is 0 Å². The molecule has 1 rings (SSSR count). The second-order valence-electron chi connectivity index (χ2n) is 7.13. The average Bonchev–Trinajstić information content (AvgIpc) is 2.53. The molecule has 0 heterocycles. The molecule has 0 saturated heterocycles. The van der Waals surface area contributed by atoms with E-state index in [2.05, 4.69) is 5.32 Å². The third kappa shape index (κ3) is 6.09. The van der Waals surface area contributed by atoms with Crippen molar-refractivity contribution in [1.82, 2.24) is 4.90 Å². The number of hydrogen-bond acceptors (Lipinski definition) is 3. The number of rotatable bonds is 6. The summed E-state index contributed by atoms with van der Waals surface area (Å²) in [5, 5.41) is 2.52. The largest absolute Gasteiger partial charge is 0.489 e. The number of carbonyl (C=O) groups excluding carboxylic acids is 1. The number of ether oxygens (including phenoxy) is 2. The number of halogens is 3. The maximum atomic E-state index is 13.0. The maximum Gasteiger partial charge on any atom is 0.416 e. The zero-order valence-corrected chi connectivity index (χ0v) is 16.0. The van der Waals surface area contributed by atoms with Gasteiger partial charge in [0, 0.05) is 20.2 Å². The van der Waals surface area contributed by atoms with Gasteiger partial charge >= 0.3 is 12.2 Å². The lowest BCUT2D eigenvalue weighted by atomic mass is 9.87. The van der Waals surface area contributed by atoms with Gasteiger partial charge in [0.15, 0.2) is 0 Å². The van der Waals surface area contributed by atoms with Gasteiger partial charge in [-0.1, -0.05) is 20.8 Å². The lowest BCUT2D eigenvalue weighted by Gasteiger charge is -2.35. The second kappa shape index (κ2) is 8.62. The van der Waals surface area contributed by atoms with Crippen molar-refractivity contribution in [3.8, 4) is 5.75 Å². The highest BCUT2D eigenvalue weighted by Gasteiger charge is 2.32. The summed E-state index contributed by atoms with van der Waals surface area (Å²) in [6.45, 7) is 8.23. The Morgan fingerprint density at radius 2 is 1.85 bits per heavy atom. The normalized spacial score (nSPS) is 13.3. The fourth-order valence-corrected chi connectivity index (χ4v) is 2.13. The van der Waals surface area contributed by atoms with Gasteiger partial charge in [0.2, 0.25) is 0 Å². The SMILES string of the molecule is COCCOc1ccc(C(F)(F)F)cc1NC(=O)N(C)[C@@H](C)C(C)(C)C. The van der Waals surface area contributed by atoms with Crippen LogP contribution in [0.1, 0.15) is 33.3 Å². The number of benzene rings is 1. The second-order valence-corrected chi connectivity index (χ2v) is 7.13. The van der Waals surface area contributed by atoms with Crippen LogP contribution in [0.4, 0.5) is 23.7 Å². The van der Waals surface area contributed by atoms with E-state index in [0.29, 0.717) is 0 Å². The number of carbonyl (C=O) groups is 1. The molecule has 0 saturated carbocycles. The minimum atomic E-state index is -4.52. The van der Waals surface area contributed by atoms with Crippen LogP contribution in [0, 0.1) is 5.41 Å². The number of hydrogen-bond donors (Lipinski definition) is 1. The van der Waals surface area contributed by atoms with Crippen LogP contribution in [0.15, 0.2) is 18.2 Å². The third-order valence-electron chi connectivity index (χ3n) is 4.25. The number of methoxy groups -OCH3 is 1. The minimum Gasteiger partial charge on any atom is -0.489 e. The Morgan fingerprint density at radius 3 is 2.35 bits per heavy atom. The highest BCUT2D eigenvalue weighted by molar-refractivity contribution is 5.91. The van der Waals surface area contributed by atoms with Crippen molar-refractivity contribution >= 4 is 11.7 Å². The minimum absolute atomic E-state index is 0.0334. The Kier molecular flexibility index (Phi) is 7.32. The summed E-state index contributed by atoms with van der Waals surface area (Å²) in [7, 11) is 3.09. The van der Waals surface area contributed by atoms with Crippen LogP contribution in [0.3, 0.4) is 0 Å². The van der Waals surface area contributed by atoms with Crippen molar-refractivity contribution in [3.63, 3.8) is 0 Å². The number of anilines is 1. The summed E-state index contributed by atoms with van der Waals surface area (Å²) < 4.78 is 49.3. The van der Waals surface area contributed by atoms with Crippen LogP contribution in [-0.2, 0) is 10.9 Å². The van der Waals surface area contributed by atoms with Crippen molar-refractivity contribution in [1.29, 1.82) is 0 Å². The summed E-state index contributed by atoms with van der Waals surface area (Å²) in [6, 6.07) is 2.34. The van der Waals surface area contributed by atoms with Crippen molar-refractivity contribution in [2.45, 2.75) is 39.9 Å². The quantitative estimate of drug-likeness (QED) is 0.737. The summed E-state index contributed by atoms with van der Waals surface area (Å²) in [6.07, 6.45) is -4.52. The van der Waals surface area contributed by atoms with Gasteiger partial charge in [-0.05, 0) is 30.5 Å². The number of urea groups is 1. The van der Waals surface area contributed by atoms with Crippen LogP contribution >= 0.6 is 0 Å². The fraction of sp³-hybridized carbons (Fsp3) is 0.611. The highest BCUT2D eigenvalue weighted by atomic mass is 19.4. The predicted molar refractivity (Wildman–Crippen MR) is 94.5 cm³/mol. The molecule has 0 bridgehead atoms. The Bertz CT molecular complexity index is 613. The molecule has 0 radical (unpaired) electrons. The first-order valence-electron chi connectivity index (χ1n) is 8.24. The van der Waals surface area contributed by atoms with Gasteiger partial charge in [0.05, 0.1) is 17.9 Å². The van der Waals surface area contributed by atoms with E-state index >= 15 is 0 Å². The molecule has 0 aliphatic carbocycles. The molecular weight excluding hydrogens is 349 g/mol. The third-order valence-corrected chi connectivity index (χ3v) is 4.25. The van der Waals surface area contributed by atoms with Gasteiger partial charge in [-0.15, -0.1) is 0 Å². The van der Waals surface area contributed by atoms with Crippen molar-refractivity contribution in [2.75, 3.05) is 32.7 Å². The molecule has 1 aromatic carbocycles. The molecule has 0 spiro atoms. The summed E-state index contributed by atoms with van der Waals surface area (Å²) in [4.78, 5) is 14.0. The van der Waals surface area contributed by atoms with Crippen LogP contribution in [0.25, 0.3) is 0 Å². The summed E-state index contributed by atoms with van der Waals surface area (Å²) in [5.74, 6) is 0.153. The van der Waals surface area contributed by atoms with Crippen LogP contribution in [0.5, 0.6) is 5.75 Å². The summed E-state index contributed by atoms with van der Waals surface area (Å²) >= 11 is 0. The van der Waals surface area contributed by atoms with E-state index in [0.717, 1.165) is 12.1 Å². The lowest BCUT2D eigenvalue weighted by Crippen LogP contribution is -2.45. The molecular formula is C18H27F3N2O3. The molecule has 26 heavy (non-hydrogen) atoms. The molecule has 2 amide bonds. The average molecular weight is 376 g/mol. The van der Waals surface area contributed by atoms with E-state index in [4.69, 9.17) is 9.47 Å². The highest BCUT2D eigenvalue weighted by Crippen LogP contribution is 2.35. The molecule has 5 nitrogen and oxygen atoms in total. The van der Waals surface area contributed by atoms with Gasteiger partial charge in [-0.25, -0.2) is 4.79 Å². The topological polar surface area (TPSA) is 50.8 Å². The molecule has 0 unspecified atom stereocenters. The molecule has 1 aromatic rings. The van der Waals surface area contributed by atoms with E-state index < -0.39 is 17.8 Å². The number of amides is 2. The molecule has 0 fully saturated rings. The van der Waals surface area contributed by atoms with Crippen molar-refractivity contribution in [2.24, 2.45) is 5.41 Å². The van der Waals surface area contributed by atoms with E-state index in [9.17, 15) is 18.0 Å². The van der Waals surface area contributed by atoms with Crippen molar-refractivity contribution < 1.29 is 27.4 Å². The molecule has 8 heteroatoms. The standard InChI is InChI=1S/C18H27F3N2O3/c1-12(17(2,3)4)23(5)16(24)22-14-11-13(18(19,20)21)7-8-15(14)26-10-9-25-6/h7-8,11-12H,9-10H2,1-6H3,(H,22,24)/t12-/m0/s1. The molecule has 0 aromatic heterocycles. The first-order chi connectivity index (χ1) is 11.9. The fourth-order valence-electron chi connectivity index (χ4n) is 2.13. The van der Waals surface area contributed by atoms with E-state index in [1.165, 1.54) is 18.1 Å². The predicted octanol–water partition coefficient (Wildman–Crippen LogP) is 4.63. The number of nitrogens with zero attached hydrogens (tertiary/aromatic N) is 1. The first kappa shape index (κ1) is 22.1. The molecule has 1 atom stereocenters. The lowest BCUT2D eigenvalue weighted by molar-refractivity contribution is -0.137. The van der Waals surface area contributed by atoms with Gasteiger partial charge < -0.3 is 19.7 Å². The molecule has 148 valence electrons. The molecule has 0 aliphatic heterocycles. The van der Waals surface area contributed by atoms with Gasteiger partial charge in [0.25, 0.3) is 0 Å². The monoisotopic (exact) mass is 376 g/mol. The van der Waals surface area contributed by atoms with Crippen LogP contribution in [0.2, 0.25) is 0 Å². The van der Waals surface area contributed by atoms with Gasteiger partial charge in [0.1, 0.15) is 12.4 Å². The van der Waals surface area contributed by atoms with Crippen LogP contribution in [-0.4, -0.2) is 44.3 Å². The smallest absolute Gasteiger partial charge is 0.416 e. The Balaban J connectivity index is 3.08. The Morgan fingerprint density at radius 1 is 1.23 bits per heavy atom. The van der Waals surface area contributed by atoms with Gasteiger partial charge in [-0.2, -0.15) is 13.2 Å². The van der Waals surface area contributed by atoms with E-state index in [-0.39, 0.29) is 36.1 Å². The first-order valence-corrected chi connectivity index (χ1v) is 8.24. The number of nitrogens with one attached hydrogen (secondary N) is 1. The molecule has 1 N–H and O–H groups in total. The van der Waals surface area contributed by atoms with E-state index in [1.54, 1.807) is 7.05 Å². The summed E-state index contributed by atoms with van der Waals surface area (Å²) in [5.41, 5.74) is -1.08. The van der Waals surface area contributed by atoms with Crippen molar-refractivity contribution in [3.05, 3.63) is 23.8 Å². The van der Waals surface area contributed by atoms with Crippen LogP contribution < -0.4 is 10.1 Å². The Labute approximate surface area is 152 Å².